The highest BCUT2D eigenvalue weighted by molar-refractivity contribution is 5.80. The highest BCUT2D eigenvalue weighted by atomic mass is 16.7. The number of aliphatic hydroxyl groups is 5. The third kappa shape index (κ3) is 42.0. The van der Waals surface area contributed by atoms with E-state index in [2.05, 4.69) is 86.8 Å². The number of allylic oxidation sites excluding steroid dienone is 11. The number of carbonyl (C=O) groups is 2. The van der Waals surface area contributed by atoms with Gasteiger partial charge in [0, 0.05) is 6.42 Å². The minimum absolute atomic E-state index is 0.107. The van der Waals surface area contributed by atoms with E-state index in [-0.39, 0.29) is 19.4 Å². The molecule has 1 saturated heterocycles. The second-order valence-electron chi connectivity index (χ2n) is 22.1. The van der Waals surface area contributed by atoms with Crippen molar-refractivity contribution in [1.82, 2.24) is 5.32 Å². The molecule has 1 aliphatic heterocycles. The van der Waals surface area contributed by atoms with Gasteiger partial charge in [0.25, 0.3) is 0 Å². The van der Waals surface area contributed by atoms with E-state index in [1.165, 1.54) is 128 Å². The summed E-state index contributed by atoms with van der Waals surface area (Å²) in [5, 5.41) is 57.0. The molecule has 1 heterocycles. The third-order valence-electron chi connectivity index (χ3n) is 14.8. The normalized spacial score (nSPS) is 19.4. The van der Waals surface area contributed by atoms with Crippen molar-refractivity contribution in [3.8, 4) is 0 Å². The quantitative estimate of drug-likeness (QED) is 0.0195. The largest absolute Gasteiger partial charge is 0.454 e. The van der Waals surface area contributed by atoms with Gasteiger partial charge in [0.2, 0.25) is 5.91 Å². The van der Waals surface area contributed by atoms with E-state index in [9.17, 15) is 35.1 Å². The zero-order valence-corrected chi connectivity index (χ0v) is 50.0. The lowest BCUT2D eigenvalue weighted by Crippen LogP contribution is -2.61. The van der Waals surface area contributed by atoms with Gasteiger partial charge >= 0.3 is 5.97 Å². The van der Waals surface area contributed by atoms with Crippen LogP contribution in [0.2, 0.25) is 0 Å². The van der Waals surface area contributed by atoms with Gasteiger partial charge in [0.1, 0.15) is 24.4 Å². The van der Waals surface area contributed by atoms with Crippen LogP contribution < -0.4 is 5.32 Å². The van der Waals surface area contributed by atoms with Gasteiger partial charge in [0.15, 0.2) is 12.4 Å². The second kappa shape index (κ2) is 54.7. The Morgan fingerprint density at radius 2 is 0.885 bits per heavy atom. The lowest BCUT2D eigenvalue weighted by molar-refractivity contribution is -0.305. The molecule has 8 atom stereocenters. The van der Waals surface area contributed by atoms with E-state index in [0.717, 1.165) is 103 Å². The van der Waals surface area contributed by atoms with Crippen molar-refractivity contribution < 1.29 is 49.3 Å². The Labute approximate surface area is 477 Å². The van der Waals surface area contributed by atoms with Crippen molar-refractivity contribution in [3.05, 3.63) is 72.9 Å². The van der Waals surface area contributed by atoms with Crippen LogP contribution in [0.3, 0.4) is 0 Å². The maximum Gasteiger partial charge on any atom is 0.306 e. The number of esters is 1. The van der Waals surface area contributed by atoms with E-state index < -0.39 is 67.4 Å². The highest BCUT2D eigenvalue weighted by Gasteiger charge is 2.47. The fourth-order valence-corrected chi connectivity index (χ4v) is 9.69. The molecule has 0 radical (unpaired) electrons. The van der Waals surface area contributed by atoms with E-state index in [0.29, 0.717) is 12.8 Å². The number of hydrogen-bond acceptors (Lipinski definition) is 10. The molecule has 6 N–H and O–H groups in total. The van der Waals surface area contributed by atoms with Gasteiger partial charge in [0.05, 0.1) is 25.4 Å². The Balaban J connectivity index is 2.67. The molecule has 0 aromatic carbocycles. The molecule has 0 aliphatic carbocycles. The van der Waals surface area contributed by atoms with Crippen LogP contribution in [0.5, 0.6) is 0 Å². The first-order chi connectivity index (χ1) is 38.2. The molecule has 11 nitrogen and oxygen atoms in total. The van der Waals surface area contributed by atoms with Gasteiger partial charge in [-0.05, 0) is 96.3 Å². The molecule has 1 aliphatic rings. The summed E-state index contributed by atoms with van der Waals surface area (Å²) < 4.78 is 17.6. The Hall–Kier alpha value is -2.90. The van der Waals surface area contributed by atoms with E-state index in [4.69, 9.17) is 14.2 Å². The standard InChI is InChI=1S/C67H119NO10/c1-4-7-10-13-16-19-22-25-27-29-31-33-35-37-40-43-46-49-52-55-62(72)78-65-64(74)63(73)61(56-69)77-67(65)76-57-58(59(70)53-50-47-44-41-38-24-21-18-15-12-9-6-3)68-66(75)60(71)54-51-48-45-42-39-36-34-32-30-28-26-23-20-17-14-11-8-5-2/h16-17,19-20,25-28,31,33,50,53,58-61,63-65,67,69-71,73-74H,4-15,18,21-24,29-30,32,34-49,51-52,54-57H2,1-3H3,(H,68,75)/b19-16-,20-17-,27-25-,28-26-,33-31-,53-50+. The number of hydrogen-bond donors (Lipinski definition) is 6. The highest BCUT2D eigenvalue weighted by Crippen LogP contribution is 2.26. The minimum Gasteiger partial charge on any atom is -0.454 e. The van der Waals surface area contributed by atoms with Gasteiger partial charge < -0.3 is 45.1 Å². The Morgan fingerprint density at radius 3 is 1.35 bits per heavy atom. The van der Waals surface area contributed by atoms with Crippen LogP contribution in [0.1, 0.15) is 278 Å². The molecule has 1 fully saturated rings. The molecule has 0 bridgehead atoms. The minimum atomic E-state index is -1.62. The van der Waals surface area contributed by atoms with E-state index >= 15 is 0 Å². The Kier molecular flexibility index (Phi) is 51.3. The average molecular weight is 1100 g/mol. The van der Waals surface area contributed by atoms with Crippen molar-refractivity contribution in [2.75, 3.05) is 13.2 Å². The first kappa shape index (κ1) is 73.1. The molecular weight excluding hydrogens is 979 g/mol. The van der Waals surface area contributed by atoms with Crippen LogP contribution in [0.4, 0.5) is 0 Å². The fourth-order valence-electron chi connectivity index (χ4n) is 9.69. The van der Waals surface area contributed by atoms with Crippen LogP contribution in [0, 0.1) is 0 Å². The van der Waals surface area contributed by atoms with Crippen molar-refractivity contribution >= 4 is 11.9 Å². The molecule has 1 rings (SSSR count). The summed E-state index contributed by atoms with van der Waals surface area (Å²) in [6.45, 7) is 5.74. The number of amides is 1. The monoisotopic (exact) mass is 1100 g/mol. The van der Waals surface area contributed by atoms with Crippen molar-refractivity contribution in [3.63, 3.8) is 0 Å². The van der Waals surface area contributed by atoms with Crippen LogP contribution in [-0.4, -0.2) is 99.6 Å². The molecule has 0 aromatic heterocycles. The van der Waals surface area contributed by atoms with Crippen LogP contribution in [-0.2, 0) is 23.8 Å². The maximum absolute atomic E-state index is 13.4. The molecule has 0 spiro atoms. The zero-order valence-electron chi connectivity index (χ0n) is 50.0. The lowest BCUT2D eigenvalue weighted by Gasteiger charge is -2.41. The van der Waals surface area contributed by atoms with E-state index in [1.807, 2.05) is 6.08 Å². The smallest absolute Gasteiger partial charge is 0.306 e. The molecule has 0 saturated carbocycles. The molecule has 1 amide bonds. The molecule has 11 heteroatoms. The Bertz CT molecular complexity index is 1540. The number of rotatable bonds is 54. The first-order valence-electron chi connectivity index (χ1n) is 32.2. The average Bonchev–Trinajstić information content (AvgIpc) is 3.45. The number of carbonyl (C=O) groups excluding carboxylic acids is 2. The van der Waals surface area contributed by atoms with Crippen LogP contribution >= 0.6 is 0 Å². The van der Waals surface area contributed by atoms with Gasteiger partial charge in [-0.25, -0.2) is 0 Å². The number of unbranched alkanes of at least 4 members (excludes halogenated alkanes) is 30. The summed E-state index contributed by atoms with van der Waals surface area (Å²) >= 11 is 0. The summed E-state index contributed by atoms with van der Waals surface area (Å²) in [6, 6.07) is -1.03. The maximum atomic E-state index is 13.4. The molecule has 78 heavy (non-hydrogen) atoms. The van der Waals surface area contributed by atoms with Crippen molar-refractivity contribution in [2.24, 2.45) is 0 Å². The van der Waals surface area contributed by atoms with Gasteiger partial charge in [-0.2, -0.15) is 0 Å². The summed E-state index contributed by atoms with van der Waals surface area (Å²) in [6.07, 6.45) is 59.3. The third-order valence-corrected chi connectivity index (χ3v) is 14.8. The SMILES string of the molecule is CCCCC/C=C\C/C=C\C/C=C\CCCCCCCCC(=O)OC1C(OCC(NC(=O)C(O)CCCCCCCCCC/C=C\C/C=C\CCCCC)C(O)/C=C/CCCCCCCCCCCC)OC(CO)C(O)C1O. The predicted octanol–water partition coefficient (Wildman–Crippen LogP) is 15.6. The molecule has 8 unspecified atom stereocenters. The topological polar surface area (TPSA) is 175 Å². The molecule has 452 valence electrons. The first-order valence-corrected chi connectivity index (χ1v) is 32.2. The summed E-state index contributed by atoms with van der Waals surface area (Å²) in [5.74, 6) is -1.21. The number of aliphatic hydroxyl groups excluding tert-OH is 5. The summed E-state index contributed by atoms with van der Waals surface area (Å²) in [5.41, 5.74) is 0. The lowest BCUT2D eigenvalue weighted by atomic mass is 9.99. The van der Waals surface area contributed by atoms with Crippen molar-refractivity contribution in [1.29, 1.82) is 0 Å². The second-order valence-corrected chi connectivity index (χ2v) is 22.1. The number of nitrogens with one attached hydrogen (secondary N) is 1. The zero-order chi connectivity index (χ0) is 56.8. The molecule has 0 aromatic rings. The van der Waals surface area contributed by atoms with Crippen LogP contribution in [0.25, 0.3) is 0 Å². The van der Waals surface area contributed by atoms with Gasteiger partial charge in [-0.15, -0.1) is 0 Å². The Morgan fingerprint density at radius 1 is 0.500 bits per heavy atom. The number of ether oxygens (including phenoxy) is 3. The summed E-state index contributed by atoms with van der Waals surface area (Å²) in [4.78, 5) is 26.6. The predicted molar refractivity (Wildman–Crippen MR) is 324 cm³/mol. The molecular formula is C67H119NO10. The van der Waals surface area contributed by atoms with Crippen molar-refractivity contribution in [2.45, 2.75) is 327 Å². The fraction of sp³-hybridized carbons (Fsp3) is 0.791. The van der Waals surface area contributed by atoms with Crippen LogP contribution in [0.15, 0.2) is 72.9 Å². The van der Waals surface area contributed by atoms with E-state index in [1.54, 1.807) is 6.08 Å². The van der Waals surface area contributed by atoms with Gasteiger partial charge in [-0.3, -0.25) is 9.59 Å². The van der Waals surface area contributed by atoms with Gasteiger partial charge in [-0.1, -0.05) is 248 Å². The summed E-state index contributed by atoms with van der Waals surface area (Å²) in [7, 11) is 0.